The van der Waals surface area contributed by atoms with E-state index in [1.807, 2.05) is 42.0 Å². The van der Waals surface area contributed by atoms with Gasteiger partial charge in [-0.15, -0.1) is 24.0 Å². The van der Waals surface area contributed by atoms with Crippen LogP contribution in [-0.2, 0) is 6.54 Å². The number of aryl methyl sites for hydroxylation is 1. The van der Waals surface area contributed by atoms with E-state index in [0.717, 1.165) is 12.2 Å². The lowest BCUT2D eigenvalue weighted by Gasteiger charge is -2.06. The lowest BCUT2D eigenvalue weighted by Crippen LogP contribution is -2.23. The van der Waals surface area contributed by atoms with Gasteiger partial charge in [0.15, 0.2) is 5.96 Å². The number of hydrogen-bond donors (Lipinski definition) is 2. The number of halogens is 1. The number of aromatic nitrogens is 2. The molecule has 0 aliphatic rings. The quantitative estimate of drug-likeness (QED) is 0.492. The summed E-state index contributed by atoms with van der Waals surface area (Å²) in [4.78, 5) is 8.21. The van der Waals surface area contributed by atoms with Crippen molar-refractivity contribution in [2.45, 2.75) is 13.5 Å². The van der Waals surface area contributed by atoms with Crippen molar-refractivity contribution in [3.8, 4) is 0 Å². The molecule has 1 aromatic heterocycles. The Balaban J connectivity index is 0.00000180. The zero-order valence-electron chi connectivity index (χ0n) is 10.8. The maximum Gasteiger partial charge on any atom is 0.193 e. The molecule has 0 bridgehead atoms. The predicted octanol–water partition coefficient (Wildman–Crippen LogP) is 2.24. The smallest absolute Gasteiger partial charge is 0.193 e. The number of aliphatic imine (C=N–C) groups is 1. The number of hydrogen-bond acceptors (Lipinski definition) is 2. The molecule has 1 aromatic carbocycles. The van der Waals surface area contributed by atoms with E-state index in [0.29, 0.717) is 12.5 Å². The molecule has 19 heavy (non-hydrogen) atoms. The molecule has 1 heterocycles. The molecule has 3 N–H and O–H groups in total. The van der Waals surface area contributed by atoms with Crippen molar-refractivity contribution in [1.29, 1.82) is 0 Å². The Bertz CT molecular complexity index is 504. The number of nitrogens with zero attached hydrogens (tertiary/aromatic N) is 3. The predicted molar refractivity (Wildman–Crippen MR) is 88.9 cm³/mol. The van der Waals surface area contributed by atoms with Crippen molar-refractivity contribution in [2.75, 3.05) is 11.9 Å². The molecule has 0 fully saturated rings. The Morgan fingerprint density at radius 2 is 2.11 bits per heavy atom. The zero-order valence-corrected chi connectivity index (χ0v) is 13.1. The van der Waals surface area contributed by atoms with Crippen molar-refractivity contribution >= 4 is 35.6 Å². The molecule has 0 saturated carbocycles. The fraction of sp³-hybridized carbons (Fsp3) is 0.231. The van der Waals surface area contributed by atoms with Crippen LogP contribution in [0.15, 0.2) is 48.0 Å². The van der Waals surface area contributed by atoms with Crippen molar-refractivity contribution in [3.05, 3.63) is 48.5 Å². The highest BCUT2D eigenvalue weighted by Crippen LogP contribution is 2.07. The molecular formula is C13H18IN5. The fourth-order valence-corrected chi connectivity index (χ4v) is 1.53. The first-order chi connectivity index (χ1) is 8.74. The molecule has 2 aromatic rings. The largest absolute Gasteiger partial charge is 0.370 e. The van der Waals surface area contributed by atoms with Gasteiger partial charge < -0.3 is 15.6 Å². The minimum atomic E-state index is 0. The van der Waals surface area contributed by atoms with E-state index in [1.54, 1.807) is 12.5 Å². The van der Waals surface area contributed by atoms with E-state index in [1.165, 1.54) is 5.56 Å². The van der Waals surface area contributed by atoms with Crippen molar-refractivity contribution < 1.29 is 0 Å². The van der Waals surface area contributed by atoms with Crippen LogP contribution in [0.1, 0.15) is 5.56 Å². The second kappa shape index (κ2) is 7.78. The van der Waals surface area contributed by atoms with Gasteiger partial charge in [0.2, 0.25) is 0 Å². The Hall–Kier alpha value is -1.57. The summed E-state index contributed by atoms with van der Waals surface area (Å²) in [6.07, 6.45) is 5.41. The molecule has 5 nitrogen and oxygen atoms in total. The Labute approximate surface area is 130 Å². The van der Waals surface area contributed by atoms with Gasteiger partial charge in [-0.3, -0.25) is 4.99 Å². The van der Waals surface area contributed by atoms with Crippen molar-refractivity contribution in [1.82, 2.24) is 9.55 Å². The number of guanidine groups is 1. The number of nitrogens with two attached hydrogens (primary N) is 1. The van der Waals surface area contributed by atoms with Gasteiger partial charge in [0, 0.05) is 24.6 Å². The molecule has 0 saturated heterocycles. The highest BCUT2D eigenvalue weighted by molar-refractivity contribution is 14.0. The standard InChI is InChI=1S/C13H17N5.HI/c1-11-2-4-12(5-3-11)17-13(14)16-7-9-18-8-6-15-10-18;/h2-6,8,10H,7,9H2,1H3,(H3,14,16,17);1H. The third-order valence-electron chi connectivity index (χ3n) is 2.52. The van der Waals surface area contributed by atoms with Crippen LogP contribution < -0.4 is 11.1 Å². The average molecular weight is 371 g/mol. The minimum Gasteiger partial charge on any atom is -0.370 e. The topological polar surface area (TPSA) is 68.2 Å². The zero-order chi connectivity index (χ0) is 12.8. The third kappa shape index (κ3) is 5.29. The Morgan fingerprint density at radius 3 is 2.74 bits per heavy atom. The summed E-state index contributed by atoms with van der Waals surface area (Å²) in [6.45, 7) is 3.45. The van der Waals surface area contributed by atoms with Gasteiger partial charge in [-0.2, -0.15) is 0 Å². The van der Waals surface area contributed by atoms with E-state index in [-0.39, 0.29) is 24.0 Å². The van der Waals surface area contributed by atoms with E-state index in [9.17, 15) is 0 Å². The van der Waals surface area contributed by atoms with Crippen LogP contribution >= 0.6 is 24.0 Å². The first-order valence-electron chi connectivity index (χ1n) is 5.83. The number of nitrogens with one attached hydrogen (secondary N) is 1. The van der Waals surface area contributed by atoms with E-state index < -0.39 is 0 Å². The van der Waals surface area contributed by atoms with Gasteiger partial charge in [0.1, 0.15) is 0 Å². The summed E-state index contributed by atoms with van der Waals surface area (Å²) < 4.78 is 1.96. The highest BCUT2D eigenvalue weighted by Gasteiger charge is 1.94. The van der Waals surface area contributed by atoms with Crippen LogP contribution in [0.4, 0.5) is 5.69 Å². The van der Waals surface area contributed by atoms with Crippen LogP contribution in [0.3, 0.4) is 0 Å². The van der Waals surface area contributed by atoms with Crippen LogP contribution in [-0.4, -0.2) is 22.1 Å². The van der Waals surface area contributed by atoms with Gasteiger partial charge in [-0.25, -0.2) is 4.98 Å². The second-order valence-corrected chi connectivity index (χ2v) is 4.06. The summed E-state index contributed by atoms with van der Waals surface area (Å²) in [6, 6.07) is 8.02. The molecule has 0 aliphatic carbocycles. The molecule has 0 amide bonds. The van der Waals surface area contributed by atoms with E-state index >= 15 is 0 Å². The lowest BCUT2D eigenvalue weighted by molar-refractivity contribution is 0.708. The maximum absolute atomic E-state index is 5.80. The maximum atomic E-state index is 5.80. The summed E-state index contributed by atoms with van der Waals surface area (Å²) in [5.74, 6) is 0.430. The van der Waals surface area contributed by atoms with Gasteiger partial charge >= 0.3 is 0 Å². The van der Waals surface area contributed by atoms with Crippen LogP contribution in [0.25, 0.3) is 0 Å². The summed E-state index contributed by atoms with van der Waals surface area (Å²) in [5.41, 5.74) is 7.96. The molecule has 0 radical (unpaired) electrons. The van der Waals surface area contributed by atoms with Crippen LogP contribution in [0.5, 0.6) is 0 Å². The molecular weight excluding hydrogens is 353 g/mol. The van der Waals surface area contributed by atoms with Gasteiger partial charge in [-0.05, 0) is 19.1 Å². The minimum absolute atomic E-state index is 0. The summed E-state index contributed by atoms with van der Waals surface area (Å²) in [7, 11) is 0. The first-order valence-corrected chi connectivity index (χ1v) is 5.83. The SMILES string of the molecule is Cc1ccc(NC(N)=NCCn2ccnc2)cc1.I. The summed E-state index contributed by atoms with van der Waals surface area (Å²) in [5, 5.41) is 3.05. The molecule has 0 unspecified atom stereocenters. The van der Waals surface area contributed by atoms with Crippen LogP contribution in [0.2, 0.25) is 0 Å². The molecule has 2 rings (SSSR count). The monoisotopic (exact) mass is 371 g/mol. The number of anilines is 1. The molecule has 6 heteroatoms. The number of benzene rings is 1. The first kappa shape index (κ1) is 15.5. The van der Waals surface area contributed by atoms with Gasteiger partial charge in [0.25, 0.3) is 0 Å². The second-order valence-electron chi connectivity index (χ2n) is 4.06. The van der Waals surface area contributed by atoms with E-state index in [2.05, 4.69) is 15.3 Å². The summed E-state index contributed by atoms with van der Waals surface area (Å²) >= 11 is 0. The lowest BCUT2D eigenvalue weighted by atomic mass is 10.2. The van der Waals surface area contributed by atoms with Gasteiger partial charge in [-0.1, -0.05) is 17.7 Å². The Morgan fingerprint density at radius 1 is 1.37 bits per heavy atom. The normalized spacial score (nSPS) is 10.9. The third-order valence-corrected chi connectivity index (χ3v) is 2.52. The van der Waals surface area contributed by atoms with Crippen LogP contribution in [0, 0.1) is 6.92 Å². The molecule has 0 spiro atoms. The number of rotatable bonds is 4. The number of imidazole rings is 1. The molecule has 102 valence electrons. The van der Waals surface area contributed by atoms with E-state index in [4.69, 9.17) is 5.73 Å². The fourth-order valence-electron chi connectivity index (χ4n) is 1.53. The van der Waals surface area contributed by atoms with Crippen molar-refractivity contribution in [2.24, 2.45) is 10.7 Å². The highest BCUT2D eigenvalue weighted by atomic mass is 127. The van der Waals surface area contributed by atoms with Crippen molar-refractivity contribution in [3.63, 3.8) is 0 Å². The molecule has 0 aliphatic heterocycles. The Kier molecular flexibility index (Phi) is 6.34. The molecule has 0 atom stereocenters. The van der Waals surface area contributed by atoms with Gasteiger partial charge in [0.05, 0.1) is 12.9 Å². The average Bonchev–Trinajstić information content (AvgIpc) is 2.85.